The molecule has 2 fully saturated rings. The van der Waals surface area contributed by atoms with Crippen LogP contribution in [0.15, 0.2) is 54.6 Å². The standard InChI is InChI=1S/C42H58ClN5O7/c1-5-13-33(38(51)41(54)45-25-36(50)48-37(39(44)52)28-18-12-19-30(43)21-28)47-40(53)32-24-31(55-42(2,3)4)22-29(32)23-34(27-16-10-7-11-17-27)46-35(49)20-26-14-8-6-9-15-26/h6,8-9,12,14-15,18-19,21,27,29,31-34,37H,5,7,10-11,13,16-17,20,22-25H2,1-4H3,(H2,44,52)(H,45,54)(H,46,49)(H,47,53)(H,48,50)/t29?,31-,32+,33?,34+,37?/m0/s1. The van der Waals surface area contributed by atoms with E-state index in [0.717, 1.165) is 31.2 Å². The molecule has 0 heterocycles. The molecule has 13 heteroatoms. The quantitative estimate of drug-likeness (QED) is 0.134. The van der Waals surface area contributed by atoms with E-state index in [0.29, 0.717) is 42.2 Å². The summed E-state index contributed by atoms with van der Waals surface area (Å²) < 4.78 is 6.39. The predicted molar refractivity (Wildman–Crippen MR) is 210 cm³/mol. The summed E-state index contributed by atoms with van der Waals surface area (Å²) >= 11 is 6.03. The van der Waals surface area contributed by atoms with E-state index in [9.17, 15) is 28.8 Å². The van der Waals surface area contributed by atoms with Crippen molar-refractivity contribution in [2.24, 2.45) is 23.5 Å². The zero-order chi connectivity index (χ0) is 40.1. The number of hydrogen-bond donors (Lipinski definition) is 5. The predicted octanol–water partition coefficient (Wildman–Crippen LogP) is 4.86. The van der Waals surface area contributed by atoms with Crippen molar-refractivity contribution in [1.82, 2.24) is 21.3 Å². The van der Waals surface area contributed by atoms with Crippen LogP contribution in [-0.2, 0) is 39.9 Å². The normalized spacial score (nSPS) is 20.4. The summed E-state index contributed by atoms with van der Waals surface area (Å²) in [5.74, 6) is -4.24. The number of primary amides is 1. The molecule has 6 N–H and O–H groups in total. The van der Waals surface area contributed by atoms with Crippen LogP contribution >= 0.6 is 11.6 Å². The van der Waals surface area contributed by atoms with Gasteiger partial charge in [-0.3, -0.25) is 28.8 Å². The number of carbonyl (C=O) groups excluding carboxylic acids is 6. The van der Waals surface area contributed by atoms with E-state index in [4.69, 9.17) is 22.1 Å². The van der Waals surface area contributed by atoms with Gasteiger partial charge in [-0.2, -0.15) is 0 Å². The van der Waals surface area contributed by atoms with Gasteiger partial charge in [0.05, 0.1) is 30.7 Å². The van der Waals surface area contributed by atoms with E-state index in [1.807, 2.05) is 58.0 Å². The van der Waals surface area contributed by atoms with Crippen molar-refractivity contribution in [2.45, 2.75) is 128 Å². The molecule has 0 aromatic heterocycles. The number of halogens is 1. The third kappa shape index (κ3) is 13.8. The van der Waals surface area contributed by atoms with Crippen molar-refractivity contribution in [3.8, 4) is 0 Å². The van der Waals surface area contributed by atoms with Gasteiger partial charge in [-0.1, -0.05) is 86.7 Å². The Labute approximate surface area is 329 Å². The van der Waals surface area contributed by atoms with Crippen molar-refractivity contribution >= 4 is 46.9 Å². The number of ether oxygens (including phenoxy) is 1. The second kappa shape index (κ2) is 20.6. The molecule has 2 aliphatic carbocycles. The van der Waals surface area contributed by atoms with E-state index in [2.05, 4.69) is 21.3 Å². The smallest absolute Gasteiger partial charge is 0.290 e. The average Bonchev–Trinajstić information content (AvgIpc) is 3.53. The van der Waals surface area contributed by atoms with Crippen LogP contribution in [0.4, 0.5) is 0 Å². The van der Waals surface area contributed by atoms with Gasteiger partial charge in [0.25, 0.3) is 5.91 Å². The lowest BCUT2D eigenvalue weighted by Crippen LogP contribution is -2.51. The molecular weight excluding hydrogens is 722 g/mol. The number of carbonyl (C=O) groups is 6. The first-order valence-electron chi connectivity index (χ1n) is 19.6. The van der Waals surface area contributed by atoms with Gasteiger partial charge in [-0.25, -0.2) is 0 Å². The highest BCUT2D eigenvalue weighted by molar-refractivity contribution is 6.38. The average molecular weight is 780 g/mol. The second-order valence-corrected chi connectivity index (χ2v) is 16.5. The Kier molecular flexibility index (Phi) is 16.3. The molecule has 2 aliphatic rings. The number of Topliss-reactive ketones (excluding diaryl/α,β-unsaturated/α-hetero) is 1. The lowest BCUT2D eigenvalue weighted by molar-refractivity contribution is -0.141. The maximum absolute atomic E-state index is 14.2. The summed E-state index contributed by atoms with van der Waals surface area (Å²) in [6.45, 7) is 7.17. The first-order valence-corrected chi connectivity index (χ1v) is 20.0. The Balaban J connectivity index is 1.44. The highest BCUT2D eigenvalue weighted by Gasteiger charge is 2.43. The van der Waals surface area contributed by atoms with Crippen LogP contribution < -0.4 is 27.0 Å². The molecule has 0 aliphatic heterocycles. The second-order valence-electron chi connectivity index (χ2n) is 16.0. The number of nitrogens with one attached hydrogen (secondary N) is 4. The maximum atomic E-state index is 14.2. The summed E-state index contributed by atoms with van der Waals surface area (Å²) in [6.07, 6.45) is 7.81. The lowest BCUT2D eigenvalue weighted by atomic mass is 9.78. The SMILES string of the molecule is CCCC(NC(=O)[C@@H]1C[C@@H](OC(C)(C)C)CC1C[C@@H](NC(=O)Cc1ccccc1)C1CCCCC1)C(=O)C(=O)NCC(=O)NC(C(N)=O)c1cccc(Cl)c1. The van der Waals surface area contributed by atoms with Crippen molar-refractivity contribution in [3.05, 3.63) is 70.7 Å². The fourth-order valence-electron chi connectivity index (χ4n) is 7.98. The largest absolute Gasteiger partial charge is 0.373 e. The van der Waals surface area contributed by atoms with Crippen LogP contribution in [0, 0.1) is 17.8 Å². The molecule has 12 nitrogen and oxygen atoms in total. The fraction of sp³-hybridized carbons (Fsp3) is 0.571. The zero-order valence-corrected chi connectivity index (χ0v) is 33.3. The molecule has 0 spiro atoms. The fourth-order valence-corrected chi connectivity index (χ4v) is 8.18. The summed E-state index contributed by atoms with van der Waals surface area (Å²) in [5, 5.41) is 11.3. The number of nitrogens with two attached hydrogens (primary N) is 1. The Morgan fingerprint density at radius 1 is 0.891 bits per heavy atom. The van der Waals surface area contributed by atoms with Gasteiger partial charge in [0.2, 0.25) is 29.4 Å². The van der Waals surface area contributed by atoms with E-state index in [1.54, 1.807) is 18.2 Å². The summed E-state index contributed by atoms with van der Waals surface area (Å²) in [5.41, 5.74) is 6.35. The number of amides is 5. The van der Waals surface area contributed by atoms with Crippen LogP contribution in [0.3, 0.4) is 0 Å². The summed E-state index contributed by atoms with van der Waals surface area (Å²) in [4.78, 5) is 78.9. The third-order valence-corrected chi connectivity index (χ3v) is 10.7. The van der Waals surface area contributed by atoms with Gasteiger partial charge < -0.3 is 31.7 Å². The Bertz CT molecular complexity index is 1640. The molecule has 0 radical (unpaired) electrons. The van der Waals surface area contributed by atoms with Gasteiger partial charge in [0.1, 0.15) is 6.04 Å². The molecule has 0 saturated heterocycles. The Morgan fingerprint density at radius 2 is 1.60 bits per heavy atom. The van der Waals surface area contributed by atoms with E-state index in [1.165, 1.54) is 12.5 Å². The van der Waals surface area contributed by atoms with Crippen molar-refractivity contribution in [2.75, 3.05) is 6.54 Å². The van der Waals surface area contributed by atoms with Crippen LogP contribution in [0.5, 0.6) is 0 Å². The highest BCUT2D eigenvalue weighted by Crippen LogP contribution is 2.41. The van der Waals surface area contributed by atoms with E-state index in [-0.39, 0.29) is 42.7 Å². The van der Waals surface area contributed by atoms with Gasteiger partial charge in [0.15, 0.2) is 0 Å². The lowest BCUT2D eigenvalue weighted by Gasteiger charge is -2.34. The molecule has 2 aromatic carbocycles. The molecule has 4 rings (SSSR count). The monoisotopic (exact) mass is 779 g/mol. The topological polar surface area (TPSA) is 186 Å². The van der Waals surface area contributed by atoms with Gasteiger partial charge in [-0.05, 0) is 94.4 Å². The number of benzene rings is 2. The minimum absolute atomic E-state index is 0.0498. The van der Waals surface area contributed by atoms with Crippen molar-refractivity contribution in [1.29, 1.82) is 0 Å². The van der Waals surface area contributed by atoms with Crippen LogP contribution in [0.1, 0.15) is 109 Å². The zero-order valence-electron chi connectivity index (χ0n) is 32.5. The number of hydrogen-bond acceptors (Lipinski definition) is 7. The molecule has 55 heavy (non-hydrogen) atoms. The van der Waals surface area contributed by atoms with Gasteiger partial charge >= 0.3 is 0 Å². The highest BCUT2D eigenvalue weighted by atomic mass is 35.5. The first kappa shape index (κ1) is 43.4. The molecule has 3 unspecified atom stereocenters. The maximum Gasteiger partial charge on any atom is 0.290 e. The van der Waals surface area contributed by atoms with Gasteiger partial charge in [0, 0.05) is 17.0 Å². The Morgan fingerprint density at radius 3 is 2.24 bits per heavy atom. The van der Waals surface area contributed by atoms with E-state index >= 15 is 0 Å². The third-order valence-electron chi connectivity index (χ3n) is 10.5. The van der Waals surface area contributed by atoms with Crippen LogP contribution in [-0.4, -0.2) is 65.7 Å². The number of ketones is 1. The van der Waals surface area contributed by atoms with Crippen LogP contribution in [0.25, 0.3) is 0 Å². The molecule has 2 saturated carbocycles. The molecule has 5 amide bonds. The van der Waals surface area contributed by atoms with Gasteiger partial charge in [-0.15, -0.1) is 0 Å². The molecule has 0 bridgehead atoms. The molecule has 6 atom stereocenters. The number of rotatable bonds is 18. The minimum atomic E-state index is -1.20. The van der Waals surface area contributed by atoms with E-state index < -0.39 is 53.7 Å². The first-order chi connectivity index (χ1) is 26.1. The van der Waals surface area contributed by atoms with Crippen molar-refractivity contribution in [3.63, 3.8) is 0 Å². The molecule has 2 aromatic rings. The van der Waals surface area contributed by atoms with Crippen LogP contribution in [0.2, 0.25) is 5.02 Å². The summed E-state index contributed by atoms with van der Waals surface area (Å²) in [6, 6.07) is 13.5. The van der Waals surface area contributed by atoms with Crippen molar-refractivity contribution < 1.29 is 33.5 Å². The molecular formula is C42H58ClN5O7. The minimum Gasteiger partial charge on any atom is -0.373 e. The summed E-state index contributed by atoms with van der Waals surface area (Å²) in [7, 11) is 0. The Hall–Kier alpha value is -4.29. The molecule has 300 valence electrons.